The third-order valence-electron chi connectivity index (χ3n) is 5.05. The highest BCUT2D eigenvalue weighted by molar-refractivity contribution is 5.79. The maximum Gasteiger partial charge on any atom is 0.407 e. The molecule has 0 spiro atoms. The maximum atomic E-state index is 12.4. The number of benzene rings is 1. The zero-order chi connectivity index (χ0) is 21.0. The van der Waals surface area contributed by atoms with Gasteiger partial charge in [-0.3, -0.25) is 4.79 Å². The Kier molecular flexibility index (Phi) is 6.89. The van der Waals surface area contributed by atoms with Gasteiger partial charge in [0.2, 0.25) is 0 Å². The van der Waals surface area contributed by atoms with Crippen LogP contribution in [-0.4, -0.2) is 55.4 Å². The highest BCUT2D eigenvalue weighted by Crippen LogP contribution is 2.39. The molecule has 1 aromatic carbocycles. The summed E-state index contributed by atoms with van der Waals surface area (Å²) in [4.78, 5) is 24.5. The second-order valence-corrected chi connectivity index (χ2v) is 7.68. The molecule has 8 nitrogen and oxygen atoms in total. The van der Waals surface area contributed by atoms with Crippen LogP contribution in [0.3, 0.4) is 0 Å². The van der Waals surface area contributed by atoms with Crippen molar-refractivity contribution in [1.82, 2.24) is 5.32 Å². The van der Waals surface area contributed by atoms with Crippen molar-refractivity contribution in [3.8, 4) is 0 Å². The third kappa shape index (κ3) is 5.33. The first-order chi connectivity index (χ1) is 13.8. The van der Waals surface area contributed by atoms with Crippen LogP contribution in [0.25, 0.3) is 0 Å². The summed E-state index contributed by atoms with van der Waals surface area (Å²) in [5.74, 6) is -0.788. The lowest BCUT2D eigenvalue weighted by molar-refractivity contribution is -0.219. The first-order valence-electron chi connectivity index (χ1n) is 9.85. The van der Waals surface area contributed by atoms with Crippen LogP contribution in [0, 0.1) is 0 Å². The van der Waals surface area contributed by atoms with Gasteiger partial charge in [-0.2, -0.15) is 0 Å². The van der Waals surface area contributed by atoms with Crippen molar-refractivity contribution in [3.05, 3.63) is 35.9 Å². The Morgan fingerprint density at radius 2 is 1.93 bits per heavy atom. The third-order valence-corrected chi connectivity index (χ3v) is 5.05. The van der Waals surface area contributed by atoms with Gasteiger partial charge in [0.1, 0.15) is 30.7 Å². The average molecular weight is 407 g/mol. The number of nitrogens with one attached hydrogen (secondary N) is 1. The van der Waals surface area contributed by atoms with Gasteiger partial charge in [0.15, 0.2) is 12.1 Å². The van der Waals surface area contributed by atoms with Gasteiger partial charge in [0, 0.05) is 20.0 Å². The molecule has 2 aliphatic rings. The largest absolute Gasteiger partial charge is 0.445 e. The fourth-order valence-corrected chi connectivity index (χ4v) is 3.65. The number of methoxy groups -OCH3 is 1. The van der Waals surface area contributed by atoms with Gasteiger partial charge in [0.25, 0.3) is 0 Å². The molecule has 2 saturated heterocycles. The van der Waals surface area contributed by atoms with Crippen LogP contribution < -0.4 is 5.32 Å². The van der Waals surface area contributed by atoms with Gasteiger partial charge in [0.05, 0.1) is 6.04 Å². The molecule has 2 fully saturated rings. The van der Waals surface area contributed by atoms with Crippen LogP contribution in [0.2, 0.25) is 0 Å². The number of ketones is 1. The van der Waals surface area contributed by atoms with Crippen molar-refractivity contribution in [2.24, 2.45) is 0 Å². The molecule has 0 radical (unpaired) electrons. The molecule has 1 aromatic rings. The van der Waals surface area contributed by atoms with Crippen LogP contribution in [0.5, 0.6) is 0 Å². The number of carbonyl (C=O) groups is 2. The van der Waals surface area contributed by atoms with Gasteiger partial charge in [-0.15, -0.1) is 0 Å². The summed E-state index contributed by atoms with van der Waals surface area (Å²) in [5.41, 5.74) is 0.870. The number of carbonyl (C=O) groups excluding carboxylic acids is 2. The smallest absolute Gasteiger partial charge is 0.407 e. The van der Waals surface area contributed by atoms with E-state index in [4.69, 9.17) is 23.7 Å². The van der Waals surface area contributed by atoms with Gasteiger partial charge in [-0.1, -0.05) is 37.3 Å². The molecule has 1 unspecified atom stereocenters. The van der Waals surface area contributed by atoms with Crippen molar-refractivity contribution in [2.75, 3.05) is 7.11 Å². The molecule has 2 aliphatic heterocycles. The number of rotatable bonds is 8. The Labute approximate surface area is 170 Å². The highest BCUT2D eigenvalue weighted by atomic mass is 16.8. The molecule has 1 N–H and O–H groups in total. The van der Waals surface area contributed by atoms with Crippen LogP contribution in [0.1, 0.15) is 39.2 Å². The standard InChI is InChI=1S/C21H29NO7/c1-5-14(23)11-15(22-20(24)26-12-13-9-7-6-8-10-13)16-17(25-4)18-19(27-16)29-21(2,3)28-18/h6-10,15-19H,5,11-12H2,1-4H3,(H,22,24)/t15-,16?,17-,18+,19+/m0/s1. The lowest BCUT2D eigenvalue weighted by atomic mass is 9.98. The molecular weight excluding hydrogens is 378 g/mol. The van der Waals surface area contributed by atoms with Crippen molar-refractivity contribution in [1.29, 1.82) is 0 Å². The fraction of sp³-hybridized carbons (Fsp3) is 0.619. The maximum absolute atomic E-state index is 12.4. The number of Topliss-reactive ketones (excluding diaryl/α,β-unsaturated/α-hetero) is 1. The van der Waals surface area contributed by atoms with E-state index in [0.29, 0.717) is 6.42 Å². The van der Waals surface area contributed by atoms with E-state index in [2.05, 4.69) is 5.32 Å². The van der Waals surface area contributed by atoms with Crippen molar-refractivity contribution >= 4 is 11.9 Å². The van der Waals surface area contributed by atoms with E-state index in [-0.39, 0.29) is 18.8 Å². The highest BCUT2D eigenvalue weighted by Gasteiger charge is 2.57. The lowest BCUT2D eigenvalue weighted by Crippen LogP contribution is -2.51. The fourth-order valence-electron chi connectivity index (χ4n) is 3.65. The quantitative estimate of drug-likeness (QED) is 0.708. The Morgan fingerprint density at radius 1 is 1.21 bits per heavy atom. The molecule has 5 atom stereocenters. The number of hydrogen-bond donors (Lipinski definition) is 1. The monoisotopic (exact) mass is 407 g/mol. The zero-order valence-electron chi connectivity index (χ0n) is 17.3. The molecule has 8 heteroatoms. The molecule has 1 amide bonds. The predicted molar refractivity (Wildman–Crippen MR) is 103 cm³/mol. The van der Waals surface area contributed by atoms with E-state index < -0.39 is 42.5 Å². The van der Waals surface area contributed by atoms with E-state index in [1.54, 1.807) is 27.9 Å². The van der Waals surface area contributed by atoms with E-state index in [9.17, 15) is 9.59 Å². The topological polar surface area (TPSA) is 92.3 Å². The summed E-state index contributed by atoms with van der Waals surface area (Å²) >= 11 is 0. The minimum atomic E-state index is -0.784. The first-order valence-corrected chi connectivity index (χ1v) is 9.85. The van der Waals surface area contributed by atoms with E-state index >= 15 is 0 Å². The molecule has 0 bridgehead atoms. The molecule has 0 saturated carbocycles. The van der Waals surface area contributed by atoms with Crippen LogP contribution in [0.15, 0.2) is 30.3 Å². The Morgan fingerprint density at radius 3 is 2.59 bits per heavy atom. The molecule has 3 rings (SSSR count). The van der Waals surface area contributed by atoms with Crippen molar-refractivity contribution < 1.29 is 33.3 Å². The first kappa shape index (κ1) is 21.7. The van der Waals surface area contributed by atoms with Gasteiger partial charge >= 0.3 is 6.09 Å². The van der Waals surface area contributed by atoms with Gasteiger partial charge in [-0.05, 0) is 19.4 Å². The molecule has 2 heterocycles. The number of hydrogen-bond acceptors (Lipinski definition) is 7. The summed E-state index contributed by atoms with van der Waals surface area (Å²) in [6.45, 7) is 5.51. The predicted octanol–water partition coefficient (Wildman–Crippen LogP) is 2.54. The summed E-state index contributed by atoms with van der Waals surface area (Å²) in [7, 11) is 1.55. The van der Waals surface area contributed by atoms with E-state index in [1.807, 2.05) is 30.3 Å². The second kappa shape index (κ2) is 9.21. The number of alkyl carbamates (subject to hydrolysis) is 1. The summed E-state index contributed by atoms with van der Waals surface area (Å²) in [5, 5.41) is 2.77. The average Bonchev–Trinajstić information content (AvgIpc) is 3.17. The minimum absolute atomic E-state index is 0.00367. The summed E-state index contributed by atoms with van der Waals surface area (Å²) in [6.07, 6.45) is -2.33. The van der Waals surface area contributed by atoms with Crippen LogP contribution in [-0.2, 0) is 35.1 Å². The summed E-state index contributed by atoms with van der Waals surface area (Å²) in [6, 6.07) is 8.73. The molecular formula is C21H29NO7. The SMILES string of the molecule is CCC(=O)C[C@H](NC(=O)OCc1ccccc1)C1O[C@@H]2OC(C)(C)O[C@@H]2[C@H]1OC. The molecule has 0 aromatic heterocycles. The Bertz CT molecular complexity index is 708. The summed E-state index contributed by atoms with van der Waals surface area (Å²) < 4.78 is 28.6. The Hall–Kier alpha value is -2.00. The van der Waals surface area contributed by atoms with Gasteiger partial charge in [-0.25, -0.2) is 4.79 Å². The minimum Gasteiger partial charge on any atom is -0.445 e. The van der Waals surface area contributed by atoms with Gasteiger partial charge < -0.3 is 29.0 Å². The van der Waals surface area contributed by atoms with E-state index in [0.717, 1.165) is 5.56 Å². The normalized spacial score (nSPS) is 28.6. The Balaban J connectivity index is 1.66. The number of amides is 1. The number of ether oxygens (including phenoxy) is 5. The number of fused-ring (bicyclic) bond motifs is 1. The van der Waals surface area contributed by atoms with Crippen molar-refractivity contribution in [3.63, 3.8) is 0 Å². The molecule has 0 aliphatic carbocycles. The zero-order valence-corrected chi connectivity index (χ0v) is 17.3. The molecule has 29 heavy (non-hydrogen) atoms. The van der Waals surface area contributed by atoms with E-state index in [1.165, 1.54) is 0 Å². The second-order valence-electron chi connectivity index (χ2n) is 7.68. The van der Waals surface area contributed by atoms with Crippen molar-refractivity contribution in [2.45, 2.75) is 76.7 Å². The lowest BCUT2D eigenvalue weighted by Gasteiger charge is -2.30. The molecule has 160 valence electrons. The van der Waals surface area contributed by atoms with Crippen LogP contribution in [0.4, 0.5) is 4.79 Å². The van der Waals surface area contributed by atoms with Crippen LogP contribution >= 0.6 is 0 Å².